The molecule has 2 rings (SSSR count). The van der Waals surface area contributed by atoms with Gasteiger partial charge >= 0.3 is 0 Å². The first-order valence-corrected chi connectivity index (χ1v) is 5.40. The summed E-state index contributed by atoms with van der Waals surface area (Å²) in [4.78, 5) is 3.75. The summed E-state index contributed by atoms with van der Waals surface area (Å²) < 4.78 is 0. The van der Waals surface area contributed by atoms with E-state index < -0.39 is 0 Å². The van der Waals surface area contributed by atoms with Crippen molar-refractivity contribution in [3.05, 3.63) is 60.2 Å². The van der Waals surface area contributed by atoms with Crippen molar-refractivity contribution in [1.29, 1.82) is 5.26 Å². The molecule has 0 aliphatic heterocycles. The van der Waals surface area contributed by atoms with Crippen molar-refractivity contribution in [2.24, 2.45) is 4.99 Å². The highest BCUT2D eigenvalue weighted by Crippen LogP contribution is 2.20. The Kier molecular flexibility index (Phi) is 3.32. The molecule has 0 unspecified atom stereocenters. The summed E-state index contributed by atoms with van der Waals surface area (Å²) in [6.07, 6.45) is 1.81. The molecule has 2 heteroatoms. The normalized spacial score (nSPS) is 10.9. The Morgan fingerprint density at radius 3 is 2.41 bits per heavy atom. The topological polar surface area (TPSA) is 36.1 Å². The van der Waals surface area contributed by atoms with E-state index in [9.17, 15) is 0 Å². The van der Waals surface area contributed by atoms with Gasteiger partial charge in [0.15, 0.2) is 0 Å². The molecule has 0 bridgehead atoms. The van der Waals surface area contributed by atoms with Gasteiger partial charge in [0.25, 0.3) is 0 Å². The fourth-order valence-corrected chi connectivity index (χ4v) is 1.69. The van der Waals surface area contributed by atoms with Crippen LogP contribution >= 0.6 is 0 Å². The van der Waals surface area contributed by atoms with Crippen molar-refractivity contribution < 1.29 is 0 Å². The Morgan fingerprint density at radius 2 is 1.71 bits per heavy atom. The van der Waals surface area contributed by atoms with Gasteiger partial charge in [-0.1, -0.05) is 48.5 Å². The maximum absolute atomic E-state index is 8.55. The fraction of sp³-hybridized carbons (Fsp3) is 0.0667. The van der Waals surface area contributed by atoms with Crippen LogP contribution in [0.4, 0.5) is 0 Å². The van der Waals surface area contributed by atoms with Gasteiger partial charge in [-0.05, 0) is 29.7 Å². The lowest BCUT2D eigenvalue weighted by molar-refractivity contribution is 1.42. The van der Waals surface area contributed by atoms with Crippen LogP contribution in [0.25, 0.3) is 11.1 Å². The van der Waals surface area contributed by atoms with E-state index in [0.717, 1.165) is 16.8 Å². The van der Waals surface area contributed by atoms with Crippen LogP contribution in [0, 0.1) is 11.5 Å². The molecule has 0 aromatic heterocycles. The summed E-state index contributed by atoms with van der Waals surface area (Å²) in [6.45, 7) is 1.84. The molecule has 17 heavy (non-hydrogen) atoms. The molecule has 0 fully saturated rings. The SMILES string of the molecule is C/C(=N\C#N)c1cccc(-c2ccccc2)c1. The Bertz CT molecular complexity index is 577. The van der Waals surface area contributed by atoms with Gasteiger partial charge in [-0.25, -0.2) is 0 Å². The highest BCUT2D eigenvalue weighted by Gasteiger charge is 2.00. The highest BCUT2D eigenvalue weighted by molar-refractivity contribution is 6.00. The summed E-state index contributed by atoms with van der Waals surface area (Å²) in [5.41, 5.74) is 4.02. The lowest BCUT2D eigenvalue weighted by Crippen LogP contribution is -1.93. The van der Waals surface area contributed by atoms with Crippen molar-refractivity contribution >= 4 is 5.71 Å². The maximum Gasteiger partial charge on any atom is 0.205 e. The molecule has 0 saturated heterocycles. The number of hydrogen-bond acceptors (Lipinski definition) is 2. The van der Waals surface area contributed by atoms with Crippen LogP contribution in [0.15, 0.2) is 59.6 Å². The molecule has 2 nitrogen and oxygen atoms in total. The summed E-state index contributed by atoms with van der Waals surface area (Å²) in [5.74, 6) is 0. The lowest BCUT2D eigenvalue weighted by atomic mass is 10.0. The van der Waals surface area contributed by atoms with Crippen LogP contribution in [0.2, 0.25) is 0 Å². The van der Waals surface area contributed by atoms with Gasteiger partial charge in [0.05, 0.1) is 5.71 Å². The van der Waals surface area contributed by atoms with Gasteiger partial charge in [0, 0.05) is 0 Å². The summed E-state index contributed by atoms with van der Waals surface area (Å²) in [5, 5.41) is 8.55. The third-order valence-electron chi connectivity index (χ3n) is 2.61. The molecule has 0 aliphatic carbocycles. The molecule has 0 atom stereocenters. The van der Waals surface area contributed by atoms with E-state index in [4.69, 9.17) is 5.26 Å². The van der Waals surface area contributed by atoms with Gasteiger partial charge in [-0.3, -0.25) is 0 Å². The van der Waals surface area contributed by atoms with Crippen LogP contribution in [0.5, 0.6) is 0 Å². The van der Waals surface area contributed by atoms with Gasteiger partial charge in [-0.2, -0.15) is 10.3 Å². The first-order valence-electron chi connectivity index (χ1n) is 5.40. The zero-order valence-electron chi connectivity index (χ0n) is 9.59. The third-order valence-corrected chi connectivity index (χ3v) is 2.61. The van der Waals surface area contributed by atoms with E-state index in [1.54, 1.807) is 0 Å². The minimum atomic E-state index is 0.741. The zero-order valence-corrected chi connectivity index (χ0v) is 9.59. The van der Waals surface area contributed by atoms with Crippen LogP contribution in [-0.2, 0) is 0 Å². The summed E-state index contributed by atoms with van der Waals surface area (Å²) in [6, 6.07) is 18.2. The third kappa shape index (κ3) is 2.59. The predicted molar refractivity (Wildman–Crippen MR) is 69.7 cm³/mol. The van der Waals surface area contributed by atoms with E-state index in [1.165, 1.54) is 5.56 Å². The largest absolute Gasteiger partial charge is 0.205 e. The van der Waals surface area contributed by atoms with Crippen LogP contribution < -0.4 is 0 Å². The zero-order chi connectivity index (χ0) is 12.1. The Hall–Kier alpha value is -2.40. The number of benzene rings is 2. The number of aliphatic imine (C=N–C) groups is 1. The van der Waals surface area contributed by atoms with Gasteiger partial charge in [0.2, 0.25) is 6.19 Å². The Balaban J connectivity index is 2.43. The fourth-order valence-electron chi connectivity index (χ4n) is 1.69. The van der Waals surface area contributed by atoms with E-state index in [2.05, 4.69) is 23.2 Å². The lowest BCUT2D eigenvalue weighted by Gasteiger charge is -2.04. The quantitative estimate of drug-likeness (QED) is 0.562. The smallest absolute Gasteiger partial charge is 0.178 e. The second-order valence-electron chi connectivity index (χ2n) is 3.74. The predicted octanol–water partition coefficient (Wildman–Crippen LogP) is 3.64. The standard InChI is InChI=1S/C15H12N2/c1-12(17-11-16)14-8-5-9-15(10-14)13-6-3-2-4-7-13/h2-10H,1H3/b17-12+. The Labute approximate surface area is 101 Å². The molecular formula is C15H12N2. The molecule has 0 saturated carbocycles. The number of nitriles is 1. The first-order chi connectivity index (χ1) is 8.31. The second-order valence-corrected chi connectivity index (χ2v) is 3.74. The molecule has 0 heterocycles. The van der Waals surface area contributed by atoms with Crippen LogP contribution in [0.3, 0.4) is 0 Å². The first kappa shape index (κ1) is 11.1. The monoisotopic (exact) mass is 220 g/mol. The number of nitrogens with zero attached hydrogens (tertiary/aromatic N) is 2. The summed E-state index contributed by atoms with van der Waals surface area (Å²) in [7, 11) is 0. The molecule has 0 amide bonds. The van der Waals surface area contributed by atoms with E-state index in [1.807, 2.05) is 49.5 Å². The van der Waals surface area contributed by atoms with Gasteiger partial charge in [-0.15, -0.1) is 0 Å². The second kappa shape index (κ2) is 5.09. The summed E-state index contributed by atoms with van der Waals surface area (Å²) >= 11 is 0. The van der Waals surface area contributed by atoms with Crippen molar-refractivity contribution in [3.8, 4) is 17.3 Å². The average molecular weight is 220 g/mol. The highest BCUT2D eigenvalue weighted by atomic mass is 14.7. The van der Waals surface area contributed by atoms with Crippen LogP contribution in [-0.4, -0.2) is 5.71 Å². The van der Waals surface area contributed by atoms with Crippen molar-refractivity contribution in [3.63, 3.8) is 0 Å². The van der Waals surface area contributed by atoms with E-state index >= 15 is 0 Å². The molecule has 2 aromatic rings. The van der Waals surface area contributed by atoms with Crippen LogP contribution in [0.1, 0.15) is 12.5 Å². The van der Waals surface area contributed by atoms with Crippen molar-refractivity contribution in [2.75, 3.05) is 0 Å². The van der Waals surface area contributed by atoms with E-state index in [0.29, 0.717) is 0 Å². The molecule has 0 spiro atoms. The molecule has 0 N–H and O–H groups in total. The Morgan fingerprint density at radius 1 is 1.00 bits per heavy atom. The van der Waals surface area contributed by atoms with E-state index in [-0.39, 0.29) is 0 Å². The minimum absolute atomic E-state index is 0.741. The minimum Gasteiger partial charge on any atom is -0.178 e. The average Bonchev–Trinajstić information content (AvgIpc) is 2.40. The van der Waals surface area contributed by atoms with Crippen molar-refractivity contribution in [2.45, 2.75) is 6.92 Å². The maximum atomic E-state index is 8.55. The van der Waals surface area contributed by atoms with Crippen molar-refractivity contribution in [1.82, 2.24) is 0 Å². The molecule has 0 radical (unpaired) electrons. The molecule has 2 aromatic carbocycles. The number of hydrogen-bond donors (Lipinski definition) is 0. The molecule has 0 aliphatic rings. The number of rotatable bonds is 2. The molecular weight excluding hydrogens is 208 g/mol. The van der Waals surface area contributed by atoms with Gasteiger partial charge < -0.3 is 0 Å². The van der Waals surface area contributed by atoms with Gasteiger partial charge in [0.1, 0.15) is 0 Å². The molecule has 82 valence electrons.